The second kappa shape index (κ2) is 17.0. The summed E-state index contributed by atoms with van der Waals surface area (Å²) in [6.07, 6.45) is 5.65. The molecule has 3 fully saturated rings. The lowest BCUT2D eigenvalue weighted by molar-refractivity contribution is -0.154. The Hall–Kier alpha value is -4.03. The average molecular weight is 734 g/mol. The van der Waals surface area contributed by atoms with Crippen LogP contribution in [0.1, 0.15) is 104 Å². The van der Waals surface area contributed by atoms with E-state index in [0.717, 1.165) is 54.9 Å². The number of hydrogen-bond donors (Lipinski definition) is 5. The fourth-order valence-electron chi connectivity index (χ4n) is 8.14. The van der Waals surface area contributed by atoms with Crippen molar-refractivity contribution >= 4 is 40.4 Å². The lowest BCUT2D eigenvalue weighted by atomic mass is 9.80. The maximum Gasteiger partial charge on any atom is 0.332 e. The Labute approximate surface area is 313 Å². The van der Waals surface area contributed by atoms with Gasteiger partial charge in [0.25, 0.3) is 5.91 Å². The van der Waals surface area contributed by atoms with Crippen LogP contribution in [0.2, 0.25) is 0 Å². The number of likely N-dealkylation sites (tertiary alicyclic amines) is 1. The second-order valence-corrected chi connectivity index (χ2v) is 17.0. The van der Waals surface area contributed by atoms with Gasteiger partial charge in [0.15, 0.2) is 0 Å². The van der Waals surface area contributed by atoms with E-state index in [1.807, 2.05) is 63.2 Å². The molecule has 2 saturated carbocycles. The summed E-state index contributed by atoms with van der Waals surface area (Å²) < 4.78 is 5.86. The monoisotopic (exact) mass is 733 g/mol. The van der Waals surface area contributed by atoms with Crippen LogP contribution in [0.3, 0.4) is 0 Å². The third-order valence-corrected chi connectivity index (χ3v) is 11.8. The van der Waals surface area contributed by atoms with Gasteiger partial charge in [-0.2, -0.15) is 0 Å². The van der Waals surface area contributed by atoms with Crippen LogP contribution in [0.4, 0.5) is 4.79 Å². The predicted octanol–water partition coefficient (Wildman–Crippen LogP) is 4.69. The van der Waals surface area contributed by atoms with E-state index in [-0.39, 0.29) is 24.4 Å². The summed E-state index contributed by atoms with van der Waals surface area (Å²) in [5.74, 6) is -2.40. The SMILES string of the molecule is CC(C)[C@@H]1C[C@@H](C(=O)NC(CC2CCC2)C(=O)C(N)=O)N(C(O)[C@@H](NC(=O)NC2(C(=O)OCc3ccc4ccccc4c3)CCCCC2)C(C)(C)C)C1. The average Bonchev–Trinajstić information content (AvgIpc) is 3.56. The number of aliphatic hydroxyl groups is 1. The largest absolute Gasteiger partial charge is 0.459 e. The molecule has 53 heavy (non-hydrogen) atoms. The molecular weight excluding hydrogens is 674 g/mol. The molecule has 4 amide bonds. The zero-order valence-electron chi connectivity index (χ0n) is 32.0. The van der Waals surface area contributed by atoms with Crippen molar-refractivity contribution in [2.45, 2.75) is 135 Å². The van der Waals surface area contributed by atoms with E-state index in [1.165, 1.54) is 0 Å². The van der Waals surface area contributed by atoms with Gasteiger partial charge in [-0.3, -0.25) is 19.3 Å². The molecule has 1 saturated heterocycles. The zero-order valence-corrected chi connectivity index (χ0v) is 32.0. The van der Waals surface area contributed by atoms with Crippen LogP contribution >= 0.6 is 0 Å². The van der Waals surface area contributed by atoms with Crippen LogP contribution in [-0.4, -0.2) is 76.0 Å². The van der Waals surface area contributed by atoms with Crippen molar-refractivity contribution in [2.24, 2.45) is 28.9 Å². The number of nitrogens with zero attached hydrogens (tertiary/aromatic N) is 1. The Kier molecular flexibility index (Phi) is 12.9. The molecule has 3 aliphatic rings. The van der Waals surface area contributed by atoms with Crippen LogP contribution in [0.5, 0.6) is 0 Å². The lowest BCUT2D eigenvalue weighted by Crippen LogP contribution is -2.65. The minimum absolute atomic E-state index is 0.0506. The Morgan fingerprint density at radius 1 is 0.962 bits per heavy atom. The summed E-state index contributed by atoms with van der Waals surface area (Å²) in [5, 5.41) is 23.0. The van der Waals surface area contributed by atoms with Crippen molar-refractivity contribution in [1.29, 1.82) is 0 Å². The number of esters is 1. The molecular formula is C41H59N5O7. The van der Waals surface area contributed by atoms with Gasteiger partial charge in [-0.15, -0.1) is 0 Å². The molecule has 12 heteroatoms. The molecule has 0 radical (unpaired) electrons. The van der Waals surface area contributed by atoms with Crippen LogP contribution in [0.25, 0.3) is 10.8 Å². The van der Waals surface area contributed by atoms with Gasteiger partial charge >= 0.3 is 12.0 Å². The third-order valence-electron chi connectivity index (χ3n) is 11.8. The first-order chi connectivity index (χ1) is 25.1. The van der Waals surface area contributed by atoms with Gasteiger partial charge in [-0.1, -0.05) is 110 Å². The quantitative estimate of drug-likeness (QED) is 0.137. The number of carbonyl (C=O) groups is 5. The van der Waals surface area contributed by atoms with Gasteiger partial charge in [0, 0.05) is 6.54 Å². The number of ether oxygens (including phenoxy) is 1. The van der Waals surface area contributed by atoms with E-state index in [9.17, 15) is 29.1 Å². The number of fused-ring (bicyclic) bond motifs is 1. The number of carbonyl (C=O) groups excluding carboxylic acids is 5. The standard InChI is InChI=1S/C41H59N5O7/c1-25(2)30-22-32(36(49)43-31(33(47)35(42)48)21-26-12-11-13-26)46(23-30)37(50)34(40(3,4)5)44-39(52)45-41(18-9-6-10-19-41)38(51)53-24-27-16-17-28-14-7-8-15-29(28)20-27/h7-8,14-17,20,25-26,30-32,34,37,50H,6,9-13,18-19,21-24H2,1-5H3,(H2,42,48)(H,43,49)(H2,44,45,52)/t30-,31?,32+,34-,37?/m1/s1. The maximum atomic E-state index is 13.9. The lowest BCUT2D eigenvalue weighted by Gasteiger charge is -2.42. The molecule has 0 spiro atoms. The molecule has 5 atom stereocenters. The summed E-state index contributed by atoms with van der Waals surface area (Å²) in [7, 11) is 0. The van der Waals surface area contributed by atoms with Crippen molar-refractivity contribution in [3.63, 3.8) is 0 Å². The number of nitrogens with one attached hydrogen (secondary N) is 3. The summed E-state index contributed by atoms with van der Waals surface area (Å²) >= 11 is 0. The number of hydrogen-bond acceptors (Lipinski definition) is 8. The van der Waals surface area contributed by atoms with Crippen molar-refractivity contribution < 1.29 is 33.8 Å². The second-order valence-electron chi connectivity index (χ2n) is 17.0. The molecule has 12 nitrogen and oxygen atoms in total. The fraction of sp³-hybridized carbons (Fsp3) is 0.634. The molecule has 2 aliphatic carbocycles. The number of aliphatic hydroxyl groups excluding tert-OH is 1. The molecule has 2 unspecified atom stereocenters. The topological polar surface area (TPSA) is 180 Å². The Balaban J connectivity index is 1.30. The predicted molar refractivity (Wildman–Crippen MR) is 202 cm³/mol. The molecule has 2 aromatic carbocycles. The first-order valence-corrected chi connectivity index (χ1v) is 19.4. The van der Waals surface area contributed by atoms with Gasteiger partial charge in [0.1, 0.15) is 18.4 Å². The molecule has 2 aromatic rings. The van der Waals surface area contributed by atoms with Crippen LogP contribution in [0.15, 0.2) is 42.5 Å². The first-order valence-electron chi connectivity index (χ1n) is 19.4. The molecule has 0 aromatic heterocycles. The normalized spacial score (nSPS) is 22.3. The maximum absolute atomic E-state index is 13.9. The Bertz CT molecular complexity index is 1640. The number of Topliss-reactive ketones (excluding diaryl/α,β-unsaturated/α-hetero) is 1. The number of benzene rings is 2. The molecule has 6 N–H and O–H groups in total. The summed E-state index contributed by atoms with van der Waals surface area (Å²) in [6, 6.07) is 10.6. The van der Waals surface area contributed by atoms with Gasteiger partial charge in [0.05, 0.1) is 18.1 Å². The highest BCUT2D eigenvalue weighted by atomic mass is 16.5. The fourth-order valence-corrected chi connectivity index (χ4v) is 8.14. The van der Waals surface area contributed by atoms with Crippen LogP contribution < -0.4 is 21.7 Å². The van der Waals surface area contributed by atoms with Crippen molar-refractivity contribution in [3.8, 4) is 0 Å². The van der Waals surface area contributed by atoms with Crippen molar-refractivity contribution in [2.75, 3.05) is 6.54 Å². The van der Waals surface area contributed by atoms with Gasteiger partial charge in [-0.25, -0.2) is 9.59 Å². The number of ketones is 1. The van der Waals surface area contributed by atoms with Crippen molar-refractivity contribution in [3.05, 3.63) is 48.0 Å². The molecule has 0 bridgehead atoms. The van der Waals surface area contributed by atoms with E-state index < -0.39 is 64.9 Å². The third kappa shape index (κ3) is 9.75. The zero-order chi connectivity index (χ0) is 38.5. The summed E-state index contributed by atoms with van der Waals surface area (Å²) in [6.45, 7) is 10.2. The Morgan fingerprint density at radius 2 is 1.64 bits per heavy atom. The van der Waals surface area contributed by atoms with E-state index >= 15 is 0 Å². The van der Waals surface area contributed by atoms with Gasteiger partial charge in [0.2, 0.25) is 11.7 Å². The van der Waals surface area contributed by atoms with Gasteiger partial charge in [-0.05, 0) is 71.3 Å². The molecule has 5 rings (SSSR count). The highest BCUT2D eigenvalue weighted by Gasteiger charge is 2.48. The minimum atomic E-state index is -1.29. The van der Waals surface area contributed by atoms with E-state index in [1.54, 1.807) is 4.90 Å². The van der Waals surface area contributed by atoms with E-state index in [4.69, 9.17) is 10.5 Å². The minimum Gasteiger partial charge on any atom is -0.459 e. The summed E-state index contributed by atoms with van der Waals surface area (Å²) in [4.78, 5) is 68.0. The molecule has 1 heterocycles. The van der Waals surface area contributed by atoms with Crippen LogP contribution in [0, 0.1) is 23.2 Å². The number of nitrogens with two attached hydrogens (primary N) is 1. The number of urea groups is 1. The number of amides is 4. The van der Waals surface area contributed by atoms with Crippen LogP contribution in [-0.2, 0) is 30.5 Å². The Morgan fingerprint density at radius 3 is 2.25 bits per heavy atom. The van der Waals surface area contributed by atoms with Crippen molar-refractivity contribution in [1.82, 2.24) is 20.9 Å². The van der Waals surface area contributed by atoms with E-state index in [0.29, 0.717) is 32.2 Å². The highest BCUT2D eigenvalue weighted by Crippen LogP contribution is 2.36. The highest BCUT2D eigenvalue weighted by molar-refractivity contribution is 6.37. The summed E-state index contributed by atoms with van der Waals surface area (Å²) in [5.41, 5.74) is 4.30. The van der Waals surface area contributed by atoms with E-state index in [2.05, 4.69) is 29.8 Å². The number of primary amides is 1. The first kappa shape index (κ1) is 40.2. The smallest absolute Gasteiger partial charge is 0.332 e. The molecule has 290 valence electrons. The number of rotatable bonds is 14. The van der Waals surface area contributed by atoms with Gasteiger partial charge < -0.3 is 31.5 Å². The molecule has 1 aliphatic heterocycles.